The number of nitrogens with zero attached hydrogens (tertiary/aromatic N) is 2. The van der Waals surface area contributed by atoms with Crippen LogP contribution in [0.15, 0.2) is 51.8 Å². The van der Waals surface area contributed by atoms with E-state index in [0.717, 1.165) is 18.2 Å². The van der Waals surface area contributed by atoms with Crippen LogP contribution in [-0.2, 0) is 19.2 Å². The Balaban J connectivity index is 1.53. The van der Waals surface area contributed by atoms with Gasteiger partial charge in [-0.1, -0.05) is 17.3 Å². The van der Waals surface area contributed by atoms with Crippen LogP contribution < -0.4 is 10.5 Å². The van der Waals surface area contributed by atoms with E-state index in [2.05, 4.69) is 19.6 Å². The van der Waals surface area contributed by atoms with Crippen LogP contribution in [0, 0.1) is 5.82 Å². The number of hydrogen-bond acceptors (Lipinski definition) is 7. The number of ether oxygens (including phenoxy) is 1. The molecule has 34 heavy (non-hydrogen) atoms. The highest BCUT2D eigenvalue weighted by Gasteiger charge is 2.30. The van der Waals surface area contributed by atoms with Gasteiger partial charge in [0.25, 0.3) is 0 Å². The largest absolute Gasteiger partial charge is 0.488 e. The number of hydrogen-bond donors (Lipinski definition) is 2. The number of halogens is 4. The Morgan fingerprint density at radius 2 is 1.91 bits per heavy atom. The average Bonchev–Trinajstić information content (AvgIpc) is 3.42. The van der Waals surface area contributed by atoms with Crippen LogP contribution in [-0.4, -0.2) is 26.8 Å². The molecule has 0 atom stereocenters. The molecule has 0 radical (unpaired) electrons. The third kappa shape index (κ3) is 5.34. The average molecular weight is 495 g/mol. The van der Waals surface area contributed by atoms with Crippen molar-refractivity contribution in [3.63, 3.8) is 0 Å². The van der Waals surface area contributed by atoms with Gasteiger partial charge in [-0.25, -0.2) is 14.2 Å². The number of benzene rings is 2. The molecular weight excluding hydrogens is 478 g/mol. The summed E-state index contributed by atoms with van der Waals surface area (Å²) in [4.78, 5) is 18.6. The molecule has 0 spiro atoms. The molecule has 178 valence electrons. The Kier molecular flexibility index (Phi) is 6.80. The maximum absolute atomic E-state index is 14.5. The molecule has 0 saturated heterocycles. The van der Waals surface area contributed by atoms with Crippen molar-refractivity contribution < 1.29 is 31.9 Å². The van der Waals surface area contributed by atoms with Gasteiger partial charge in [0.2, 0.25) is 0 Å². The van der Waals surface area contributed by atoms with E-state index in [9.17, 15) is 27.5 Å². The summed E-state index contributed by atoms with van der Waals surface area (Å²) in [5, 5.41) is 13.1. The first-order chi connectivity index (χ1) is 16.2. The fraction of sp³-hybridized carbons (Fsp3) is 0.227. The molecule has 2 aromatic carbocycles. The molecule has 0 aliphatic heterocycles. The van der Waals surface area contributed by atoms with E-state index < -0.39 is 23.3 Å². The first-order valence-electron chi connectivity index (χ1n) is 10.0. The van der Waals surface area contributed by atoms with Gasteiger partial charge in [-0.15, -0.1) is 11.3 Å². The summed E-state index contributed by atoms with van der Waals surface area (Å²) in [6.07, 6.45) is -3.54. The van der Waals surface area contributed by atoms with E-state index in [-0.39, 0.29) is 30.4 Å². The minimum Gasteiger partial charge on any atom is -0.488 e. The number of nitrogens with one attached hydrogen (secondary N) is 1. The SMILES string of the molecule is O=c1[nH]c(-c2ccc(OCc3sc(-c4ccc(C(F)(F)F)cc4)nc3CCCO)cc2F)no1. The van der Waals surface area contributed by atoms with E-state index in [1.807, 2.05) is 0 Å². The number of aliphatic hydroxyl groups is 1. The molecule has 2 heterocycles. The van der Waals surface area contributed by atoms with Crippen molar-refractivity contribution in [2.45, 2.75) is 25.6 Å². The van der Waals surface area contributed by atoms with Crippen molar-refractivity contribution >= 4 is 11.3 Å². The lowest BCUT2D eigenvalue weighted by molar-refractivity contribution is -0.137. The quantitative estimate of drug-likeness (QED) is 0.340. The molecule has 2 N–H and O–H groups in total. The van der Waals surface area contributed by atoms with Gasteiger partial charge in [0, 0.05) is 18.2 Å². The van der Waals surface area contributed by atoms with Gasteiger partial charge in [0.1, 0.15) is 23.2 Å². The summed E-state index contributed by atoms with van der Waals surface area (Å²) >= 11 is 1.25. The van der Waals surface area contributed by atoms with Crippen molar-refractivity contribution in [3.05, 3.63) is 75.0 Å². The van der Waals surface area contributed by atoms with Crippen LogP contribution >= 0.6 is 11.3 Å². The second-order valence-electron chi connectivity index (χ2n) is 7.17. The van der Waals surface area contributed by atoms with Crippen LogP contribution in [0.1, 0.15) is 22.6 Å². The number of thiazole rings is 1. The molecule has 0 aliphatic rings. The van der Waals surface area contributed by atoms with Crippen molar-refractivity contribution in [3.8, 4) is 27.7 Å². The molecule has 12 heteroatoms. The highest BCUT2D eigenvalue weighted by molar-refractivity contribution is 7.15. The summed E-state index contributed by atoms with van der Waals surface area (Å²) < 4.78 is 63.1. The van der Waals surface area contributed by atoms with Crippen molar-refractivity contribution in [2.24, 2.45) is 0 Å². The molecule has 0 unspecified atom stereocenters. The third-order valence-corrected chi connectivity index (χ3v) is 5.94. The number of H-pyrrole nitrogens is 1. The number of aromatic amines is 1. The lowest BCUT2D eigenvalue weighted by atomic mass is 10.1. The van der Waals surface area contributed by atoms with Gasteiger partial charge < -0.3 is 9.84 Å². The van der Waals surface area contributed by atoms with Crippen LogP contribution in [0.5, 0.6) is 5.75 Å². The van der Waals surface area contributed by atoms with Gasteiger partial charge in [0.15, 0.2) is 5.82 Å². The van der Waals surface area contributed by atoms with Crippen LogP contribution in [0.25, 0.3) is 22.0 Å². The van der Waals surface area contributed by atoms with E-state index >= 15 is 0 Å². The molecule has 0 fully saturated rings. The van der Waals surface area contributed by atoms with E-state index in [0.29, 0.717) is 34.0 Å². The Morgan fingerprint density at radius 1 is 1.15 bits per heavy atom. The zero-order chi connectivity index (χ0) is 24.3. The number of aliphatic hydroxyl groups excluding tert-OH is 1. The molecule has 0 saturated carbocycles. The second-order valence-corrected chi connectivity index (χ2v) is 8.25. The van der Waals surface area contributed by atoms with Crippen molar-refractivity contribution in [2.75, 3.05) is 6.61 Å². The molecule has 0 bridgehead atoms. The fourth-order valence-electron chi connectivity index (χ4n) is 3.14. The topological polar surface area (TPSA) is 101 Å². The number of rotatable bonds is 8. The van der Waals surface area contributed by atoms with Gasteiger partial charge in [-0.3, -0.25) is 9.51 Å². The second kappa shape index (κ2) is 9.77. The summed E-state index contributed by atoms with van der Waals surface area (Å²) in [6.45, 7) is -0.0110. The first kappa shape index (κ1) is 23.6. The number of aryl methyl sites for hydroxylation is 1. The zero-order valence-corrected chi connectivity index (χ0v) is 18.2. The van der Waals surface area contributed by atoms with E-state index in [1.165, 1.54) is 35.6 Å². The maximum atomic E-state index is 14.5. The Bertz CT molecular complexity index is 1330. The standard InChI is InChI=1S/C22H17F4N3O4S/c23-16-10-14(7-8-15(16)19-28-21(31)33-29-19)32-11-18-17(2-1-9-30)27-20(34-18)12-3-5-13(6-4-12)22(24,25)26/h3-8,10,30H,1-2,9,11H2,(H,28,29,31). The summed E-state index contributed by atoms with van der Waals surface area (Å²) in [5.41, 5.74) is 0.443. The summed E-state index contributed by atoms with van der Waals surface area (Å²) in [7, 11) is 0. The molecular formula is C22H17F4N3O4S. The molecule has 0 aliphatic carbocycles. The molecule has 2 aromatic heterocycles. The summed E-state index contributed by atoms with van der Waals surface area (Å²) in [6, 6.07) is 8.70. The van der Waals surface area contributed by atoms with Crippen LogP contribution in [0.3, 0.4) is 0 Å². The van der Waals surface area contributed by atoms with Crippen LogP contribution in [0.2, 0.25) is 0 Å². The molecule has 0 amide bonds. The monoisotopic (exact) mass is 495 g/mol. The normalized spacial score (nSPS) is 11.7. The Labute approximate surface area is 193 Å². The molecule has 7 nitrogen and oxygen atoms in total. The highest BCUT2D eigenvalue weighted by atomic mass is 32.1. The molecule has 4 rings (SSSR count). The zero-order valence-electron chi connectivity index (χ0n) is 17.4. The predicted molar refractivity (Wildman–Crippen MR) is 115 cm³/mol. The fourth-order valence-corrected chi connectivity index (χ4v) is 4.16. The maximum Gasteiger partial charge on any atom is 0.439 e. The van der Waals surface area contributed by atoms with Crippen LogP contribution in [0.4, 0.5) is 17.6 Å². The van der Waals surface area contributed by atoms with Gasteiger partial charge in [-0.2, -0.15) is 13.2 Å². The minimum absolute atomic E-state index is 0.0317. The Morgan fingerprint density at radius 3 is 2.53 bits per heavy atom. The molecule has 4 aromatic rings. The lowest BCUT2D eigenvalue weighted by Crippen LogP contribution is -2.03. The third-order valence-electron chi connectivity index (χ3n) is 4.82. The minimum atomic E-state index is -4.43. The first-order valence-corrected chi connectivity index (χ1v) is 10.8. The number of alkyl halides is 3. The van der Waals surface area contributed by atoms with Crippen molar-refractivity contribution in [1.29, 1.82) is 0 Å². The Hall–Kier alpha value is -3.51. The van der Waals surface area contributed by atoms with Gasteiger partial charge in [0.05, 0.1) is 21.7 Å². The van der Waals surface area contributed by atoms with E-state index in [1.54, 1.807) is 0 Å². The smallest absolute Gasteiger partial charge is 0.439 e. The van der Waals surface area contributed by atoms with Crippen molar-refractivity contribution in [1.82, 2.24) is 15.1 Å². The van der Waals surface area contributed by atoms with Gasteiger partial charge in [-0.05, 0) is 37.1 Å². The highest BCUT2D eigenvalue weighted by Crippen LogP contribution is 2.34. The van der Waals surface area contributed by atoms with Gasteiger partial charge >= 0.3 is 11.9 Å². The predicted octanol–water partition coefficient (Wildman–Crippen LogP) is 4.82. The lowest BCUT2D eigenvalue weighted by Gasteiger charge is -2.07. The van der Waals surface area contributed by atoms with E-state index in [4.69, 9.17) is 4.74 Å². The number of aromatic nitrogens is 3. The summed E-state index contributed by atoms with van der Waals surface area (Å²) in [5.74, 6) is -1.33.